The van der Waals surface area contributed by atoms with Crippen LogP contribution in [0.4, 0.5) is 4.79 Å². The summed E-state index contributed by atoms with van der Waals surface area (Å²) in [7, 11) is 1.57. The van der Waals surface area contributed by atoms with Crippen molar-refractivity contribution in [3.63, 3.8) is 0 Å². The third-order valence-electron chi connectivity index (χ3n) is 4.34. The Morgan fingerprint density at radius 2 is 1.80 bits per heavy atom. The molecule has 1 fully saturated rings. The third kappa shape index (κ3) is 2.98. The lowest BCUT2D eigenvalue weighted by Crippen LogP contribution is -2.40. The molecule has 1 aliphatic heterocycles. The number of ether oxygens (including phenoxy) is 1. The maximum atomic E-state index is 12.8. The van der Waals surface area contributed by atoms with E-state index in [1.165, 1.54) is 6.21 Å². The molecule has 2 aromatic carbocycles. The molecule has 128 valence electrons. The maximum absolute atomic E-state index is 12.8. The maximum Gasteiger partial charge on any atom is 0.346 e. The second-order valence-corrected chi connectivity index (χ2v) is 6.00. The monoisotopic (exact) mass is 337 g/mol. The summed E-state index contributed by atoms with van der Waals surface area (Å²) in [5.74, 6) is 0.256. The average Bonchev–Trinajstić information content (AvgIpc) is 2.84. The van der Waals surface area contributed by atoms with Crippen LogP contribution in [0, 0.1) is 6.92 Å². The van der Waals surface area contributed by atoms with E-state index in [-0.39, 0.29) is 0 Å². The van der Waals surface area contributed by atoms with Crippen LogP contribution < -0.4 is 10.1 Å². The van der Waals surface area contributed by atoms with Crippen LogP contribution in [0.3, 0.4) is 0 Å². The fourth-order valence-electron chi connectivity index (χ4n) is 2.70. The second-order valence-electron chi connectivity index (χ2n) is 6.00. The summed E-state index contributed by atoms with van der Waals surface area (Å²) < 4.78 is 5.13. The molecule has 0 saturated carbocycles. The van der Waals surface area contributed by atoms with Gasteiger partial charge in [-0.1, -0.05) is 36.4 Å². The average molecular weight is 337 g/mol. The van der Waals surface area contributed by atoms with E-state index in [9.17, 15) is 9.59 Å². The van der Waals surface area contributed by atoms with Gasteiger partial charge in [0.25, 0.3) is 5.91 Å². The van der Waals surface area contributed by atoms with Crippen LogP contribution in [0.2, 0.25) is 0 Å². The first-order chi connectivity index (χ1) is 12.0. The normalized spacial score (nSPS) is 20.2. The van der Waals surface area contributed by atoms with Crippen LogP contribution in [0.5, 0.6) is 5.75 Å². The first-order valence-corrected chi connectivity index (χ1v) is 7.86. The molecule has 6 nitrogen and oxygen atoms in total. The van der Waals surface area contributed by atoms with Gasteiger partial charge in [0.05, 0.1) is 13.3 Å². The largest absolute Gasteiger partial charge is 0.497 e. The molecule has 6 heteroatoms. The molecule has 0 radical (unpaired) electrons. The minimum Gasteiger partial charge on any atom is -0.497 e. The van der Waals surface area contributed by atoms with Crippen LogP contribution in [0.1, 0.15) is 23.6 Å². The molecule has 1 heterocycles. The number of benzene rings is 2. The Labute approximate surface area is 146 Å². The number of carbonyl (C=O) groups is 2. The number of aryl methyl sites for hydroxylation is 1. The van der Waals surface area contributed by atoms with Crippen molar-refractivity contribution < 1.29 is 14.3 Å². The summed E-state index contributed by atoms with van der Waals surface area (Å²) >= 11 is 0. The van der Waals surface area contributed by atoms with Crippen LogP contribution in [-0.4, -0.2) is 30.3 Å². The Balaban J connectivity index is 1.87. The molecule has 1 aliphatic rings. The summed E-state index contributed by atoms with van der Waals surface area (Å²) in [5, 5.41) is 7.68. The zero-order valence-corrected chi connectivity index (χ0v) is 14.3. The highest BCUT2D eigenvalue weighted by Gasteiger charge is 2.49. The van der Waals surface area contributed by atoms with E-state index < -0.39 is 17.5 Å². The van der Waals surface area contributed by atoms with Gasteiger partial charge in [-0.2, -0.15) is 5.10 Å². The second kappa shape index (κ2) is 6.39. The van der Waals surface area contributed by atoms with Crippen molar-refractivity contribution in [1.82, 2.24) is 10.3 Å². The zero-order chi connectivity index (χ0) is 18.0. The number of hydrogen-bond donors (Lipinski definition) is 1. The number of methoxy groups -OCH3 is 1. The summed E-state index contributed by atoms with van der Waals surface area (Å²) in [6.07, 6.45) is 1.52. The van der Waals surface area contributed by atoms with E-state index in [4.69, 9.17) is 4.74 Å². The van der Waals surface area contributed by atoms with Gasteiger partial charge in [0, 0.05) is 0 Å². The number of rotatable bonds is 4. The van der Waals surface area contributed by atoms with E-state index >= 15 is 0 Å². The molecule has 3 amide bonds. The quantitative estimate of drug-likeness (QED) is 0.689. The number of carbonyl (C=O) groups excluding carboxylic acids is 2. The van der Waals surface area contributed by atoms with E-state index in [0.29, 0.717) is 11.3 Å². The molecule has 3 rings (SSSR count). The molecular formula is C19H19N3O3. The molecule has 0 spiro atoms. The Morgan fingerprint density at radius 3 is 2.44 bits per heavy atom. The van der Waals surface area contributed by atoms with Crippen molar-refractivity contribution in [2.75, 3.05) is 7.11 Å². The van der Waals surface area contributed by atoms with Crippen molar-refractivity contribution in [3.05, 3.63) is 65.2 Å². The first-order valence-electron chi connectivity index (χ1n) is 7.86. The molecule has 0 aliphatic carbocycles. The van der Waals surface area contributed by atoms with Crippen molar-refractivity contribution in [1.29, 1.82) is 0 Å². The molecule has 1 saturated heterocycles. The Hall–Kier alpha value is -3.15. The lowest BCUT2D eigenvalue weighted by atomic mass is 9.92. The summed E-state index contributed by atoms with van der Waals surface area (Å²) in [5.41, 5.74) is 1.37. The number of imide groups is 1. The molecule has 0 unspecified atom stereocenters. The fraction of sp³-hybridized carbons (Fsp3) is 0.211. The van der Waals surface area contributed by atoms with Crippen molar-refractivity contribution in [2.45, 2.75) is 19.4 Å². The smallest absolute Gasteiger partial charge is 0.346 e. The predicted molar refractivity (Wildman–Crippen MR) is 94.5 cm³/mol. The molecule has 1 atom stereocenters. The number of nitrogens with zero attached hydrogens (tertiary/aromatic N) is 2. The van der Waals surface area contributed by atoms with Gasteiger partial charge in [0.2, 0.25) is 0 Å². The number of hydrazone groups is 1. The fourth-order valence-corrected chi connectivity index (χ4v) is 2.70. The van der Waals surface area contributed by atoms with Gasteiger partial charge in [0.15, 0.2) is 0 Å². The highest BCUT2D eigenvalue weighted by Crippen LogP contribution is 2.30. The standard InChI is InChI=1S/C19H19N3O3/c1-13-6-4-5-7-14(13)12-20-22-17(23)19(2,21-18(22)24)15-8-10-16(25-3)11-9-15/h4-12H,1-3H3,(H,21,24)/b20-12-/t19-/m0/s1. The highest BCUT2D eigenvalue weighted by molar-refractivity contribution is 6.07. The number of nitrogens with one attached hydrogen (secondary N) is 1. The summed E-state index contributed by atoms with van der Waals surface area (Å²) in [6.45, 7) is 3.60. The van der Waals surface area contributed by atoms with E-state index in [1.54, 1.807) is 38.3 Å². The molecule has 2 aromatic rings. The Morgan fingerprint density at radius 1 is 1.12 bits per heavy atom. The molecular weight excluding hydrogens is 318 g/mol. The number of hydrogen-bond acceptors (Lipinski definition) is 4. The lowest BCUT2D eigenvalue weighted by molar-refractivity contribution is -0.131. The van der Waals surface area contributed by atoms with Crippen LogP contribution in [0.25, 0.3) is 0 Å². The van der Waals surface area contributed by atoms with Crippen molar-refractivity contribution >= 4 is 18.2 Å². The topological polar surface area (TPSA) is 71.0 Å². The van der Waals surface area contributed by atoms with Gasteiger partial charge >= 0.3 is 6.03 Å². The number of urea groups is 1. The zero-order valence-electron chi connectivity index (χ0n) is 14.3. The third-order valence-corrected chi connectivity index (χ3v) is 4.34. The summed E-state index contributed by atoms with van der Waals surface area (Å²) in [4.78, 5) is 25.1. The van der Waals surface area contributed by atoms with Crippen LogP contribution >= 0.6 is 0 Å². The minimum atomic E-state index is -1.16. The van der Waals surface area contributed by atoms with Gasteiger partial charge in [-0.15, -0.1) is 5.01 Å². The molecule has 1 N–H and O–H groups in total. The van der Waals surface area contributed by atoms with E-state index in [2.05, 4.69) is 10.4 Å². The van der Waals surface area contributed by atoms with Crippen LogP contribution in [-0.2, 0) is 10.3 Å². The predicted octanol–water partition coefficient (Wildman–Crippen LogP) is 2.80. The van der Waals surface area contributed by atoms with Gasteiger partial charge in [0.1, 0.15) is 11.3 Å². The van der Waals surface area contributed by atoms with Crippen molar-refractivity contribution in [3.8, 4) is 5.75 Å². The SMILES string of the molecule is COc1ccc([C@]2(C)NC(=O)N(/N=C\c3ccccc3C)C2=O)cc1. The number of amides is 3. The van der Waals surface area contributed by atoms with Gasteiger partial charge in [-0.25, -0.2) is 4.79 Å². The summed E-state index contributed by atoms with van der Waals surface area (Å²) in [6, 6.07) is 14.1. The van der Waals surface area contributed by atoms with E-state index in [0.717, 1.165) is 16.1 Å². The van der Waals surface area contributed by atoms with Gasteiger partial charge in [-0.3, -0.25) is 4.79 Å². The van der Waals surface area contributed by atoms with Gasteiger partial charge < -0.3 is 10.1 Å². The molecule has 25 heavy (non-hydrogen) atoms. The van der Waals surface area contributed by atoms with Crippen molar-refractivity contribution in [2.24, 2.45) is 5.10 Å². The lowest BCUT2D eigenvalue weighted by Gasteiger charge is -2.21. The Kier molecular flexibility index (Phi) is 4.27. The molecule has 0 aromatic heterocycles. The van der Waals surface area contributed by atoms with E-state index in [1.807, 2.05) is 31.2 Å². The highest BCUT2D eigenvalue weighted by atomic mass is 16.5. The Bertz CT molecular complexity index is 845. The van der Waals surface area contributed by atoms with Crippen LogP contribution in [0.15, 0.2) is 53.6 Å². The first kappa shape index (κ1) is 16.7. The minimum absolute atomic E-state index is 0.424. The van der Waals surface area contributed by atoms with Gasteiger partial charge in [-0.05, 0) is 42.7 Å². The molecule has 0 bridgehead atoms.